The Morgan fingerprint density at radius 3 is 2.83 bits per heavy atom. The highest BCUT2D eigenvalue weighted by Gasteiger charge is 2.05. The van der Waals surface area contributed by atoms with Crippen LogP contribution in [0.25, 0.3) is 0 Å². The third-order valence-corrected chi connectivity index (χ3v) is 2.23. The highest BCUT2D eigenvalue weighted by atomic mass is 16.5. The fourth-order valence-corrected chi connectivity index (χ4v) is 1.22. The Kier molecular flexibility index (Phi) is 6.10. The van der Waals surface area contributed by atoms with Crippen LogP contribution in [0.1, 0.15) is 10.5 Å². The van der Waals surface area contributed by atoms with Crippen molar-refractivity contribution in [2.24, 2.45) is 0 Å². The van der Waals surface area contributed by atoms with Gasteiger partial charge in [-0.1, -0.05) is 0 Å². The van der Waals surface area contributed by atoms with Crippen LogP contribution < -0.4 is 11.1 Å². The first-order chi connectivity index (χ1) is 8.59. The SMILES string of the molecule is CN(C)CCOCCNC(=O)c1ccc(N)cn1. The number of rotatable bonds is 7. The summed E-state index contributed by atoms with van der Waals surface area (Å²) in [5, 5.41) is 2.73. The van der Waals surface area contributed by atoms with Crippen LogP contribution in [-0.2, 0) is 4.74 Å². The number of nitrogens with one attached hydrogen (secondary N) is 1. The molecule has 100 valence electrons. The van der Waals surface area contributed by atoms with Gasteiger partial charge in [0.15, 0.2) is 0 Å². The highest BCUT2D eigenvalue weighted by molar-refractivity contribution is 5.92. The molecule has 1 aromatic rings. The van der Waals surface area contributed by atoms with Crippen LogP contribution in [0.3, 0.4) is 0 Å². The molecule has 0 bridgehead atoms. The average Bonchev–Trinajstić information content (AvgIpc) is 2.34. The Morgan fingerprint density at radius 1 is 1.44 bits per heavy atom. The lowest BCUT2D eigenvalue weighted by Gasteiger charge is -2.10. The third kappa shape index (κ3) is 5.60. The van der Waals surface area contributed by atoms with Gasteiger partial charge in [0.2, 0.25) is 0 Å². The number of ether oxygens (including phenoxy) is 1. The van der Waals surface area contributed by atoms with Gasteiger partial charge in [-0.05, 0) is 26.2 Å². The zero-order valence-electron chi connectivity index (χ0n) is 10.8. The van der Waals surface area contributed by atoms with Crippen molar-refractivity contribution in [2.45, 2.75) is 0 Å². The summed E-state index contributed by atoms with van der Waals surface area (Å²) < 4.78 is 5.35. The minimum atomic E-state index is -0.216. The quantitative estimate of drug-likeness (QED) is 0.666. The second-order valence-electron chi connectivity index (χ2n) is 4.15. The second-order valence-corrected chi connectivity index (χ2v) is 4.15. The van der Waals surface area contributed by atoms with Crippen LogP contribution in [-0.4, -0.2) is 56.2 Å². The smallest absolute Gasteiger partial charge is 0.269 e. The molecule has 1 amide bonds. The number of nitrogen functional groups attached to an aromatic ring is 1. The van der Waals surface area contributed by atoms with Crippen LogP contribution in [0, 0.1) is 0 Å². The molecular formula is C12H20N4O2. The van der Waals surface area contributed by atoms with Gasteiger partial charge in [0.1, 0.15) is 5.69 Å². The highest BCUT2D eigenvalue weighted by Crippen LogP contribution is 2.00. The van der Waals surface area contributed by atoms with E-state index in [9.17, 15) is 4.79 Å². The number of likely N-dealkylation sites (N-methyl/N-ethyl adjacent to an activating group) is 1. The predicted molar refractivity (Wildman–Crippen MR) is 70.4 cm³/mol. The summed E-state index contributed by atoms with van der Waals surface area (Å²) in [4.78, 5) is 17.6. The first-order valence-corrected chi connectivity index (χ1v) is 5.82. The van der Waals surface area contributed by atoms with Gasteiger partial charge in [-0.2, -0.15) is 0 Å². The van der Waals surface area contributed by atoms with E-state index in [1.54, 1.807) is 12.1 Å². The minimum absolute atomic E-state index is 0.216. The molecule has 0 aliphatic carbocycles. The Labute approximate surface area is 107 Å². The van der Waals surface area contributed by atoms with Gasteiger partial charge < -0.3 is 20.7 Å². The van der Waals surface area contributed by atoms with E-state index in [-0.39, 0.29) is 5.91 Å². The van der Waals surface area contributed by atoms with E-state index in [1.165, 1.54) is 6.20 Å². The fourth-order valence-electron chi connectivity index (χ4n) is 1.22. The lowest BCUT2D eigenvalue weighted by atomic mass is 10.3. The standard InChI is InChI=1S/C12H20N4O2/c1-16(2)6-8-18-7-5-14-12(17)11-4-3-10(13)9-15-11/h3-4,9H,5-8,13H2,1-2H3,(H,14,17). The normalized spacial score (nSPS) is 10.6. The molecular weight excluding hydrogens is 232 g/mol. The Morgan fingerprint density at radius 2 is 2.22 bits per heavy atom. The fraction of sp³-hybridized carbons (Fsp3) is 0.500. The molecule has 0 aliphatic rings. The van der Waals surface area contributed by atoms with E-state index in [0.29, 0.717) is 31.1 Å². The molecule has 0 unspecified atom stereocenters. The first-order valence-electron chi connectivity index (χ1n) is 5.82. The maximum absolute atomic E-state index is 11.6. The number of amides is 1. The molecule has 0 radical (unpaired) electrons. The molecule has 18 heavy (non-hydrogen) atoms. The van der Waals surface area contributed by atoms with Crippen LogP contribution in [0.2, 0.25) is 0 Å². The van der Waals surface area contributed by atoms with E-state index in [2.05, 4.69) is 10.3 Å². The molecule has 3 N–H and O–H groups in total. The Bertz CT molecular complexity index is 365. The summed E-state index contributed by atoms with van der Waals surface area (Å²) >= 11 is 0. The number of pyridine rings is 1. The Hall–Kier alpha value is -1.66. The molecule has 0 saturated carbocycles. The lowest BCUT2D eigenvalue weighted by molar-refractivity contribution is 0.0896. The molecule has 0 aliphatic heterocycles. The number of hydrogen-bond acceptors (Lipinski definition) is 5. The van der Waals surface area contributed by atoms with Gasteiger partial charge in [0, 0.05) is 13.1 Å². The summed E-state index contributed by atoms with van der Waals surface area (Å²) in [7, 11) is 3.97. The molecule has 6 heteroatoms. The maximum Gasteiger partial charge on any atom is 0.269 e. The third-order valence-electron chi connectivity index (χ3n) is 2.23. The van der Waals surface area contributed by atoms with Gasteiger partial charge in [-0.25, -0.2) is 4.98 Å². The zero-order chi connectivity index (χ0) is 13.4. The topological polar surface area (TPSA) is 80.5 Å². The van der Waals surface area contributed by atoms with E-state index >= 15 is 0 Å². The summed E-state index contributed by atoms with van der Waals surface area (Å²) in [6, 6.07) is 3.24. The van der Waals surface area contributed by atoms with Crippen molar-refractivity contribution >= 4 is 11.6 Å². The number of nitrogens with zero attached hydrogens (tertiary/aromatic N) is 2. The molecule has 0 atom stereocenters. The number of aromatic nitrogens is 1. The van der Waals surface area contributed by atoms with Crippen LogP contribution in [0.4, 0.5) is 5.69 Å². The summed E-state index contributed by atoms with van der Waals surface area (Å²) in [5.74, 6) is -0.216. The maximum atomic E-state index is 11.6. The van der Waals surface area contributed by atoms with Gasteiger partial charge in [0.25, 0.3) is 5.91 Å². The van der Waals surface area contributed by atoms with Gasteiger partial charge in [-0.3, -0.25) is 4.79 Å². The molecule has 0 saturated heterocycles. The summed E-state index contributed by atoms with van der Waals surface area (Å²) in [6.07, 6.45) is 1.46. The second kappa shape index (κ2) is 7.62. The number of nitrogens with two attached hydrogens (primary N) is 1. The van der Waals surface area contributed by atoms with Crippen molar-refractivity contribution in [1.82, 2.24) is 15.2 Å². The molecule has 0 aromatic carbocycles. The molecule has 6 nitrogen and oxygen atoms in total. The molecule has 1 rings (SSSR count). The zero-order valence-corrected chi connectivity index (χ0v) is 10.8. The van der Waals surface area contributed by atoms with Gasteiger partial charge in [-0.15, -0.1) is 0 Å². The van der Waals surface area contributed by atoms with Crippen molar-refractivity contribution < 1.29 is 9.53 Å². The minimum Gasteiger partial charge on any atom is -0.397 e. The largest absolute Gasteiger partial charge is 0.397 e. The number of carbonyl (C=O) groups is 1. The van der Waals surface area contributed by atoms with Crippen molar-refractivity contribution in [3.63, 3.8) is 0 Å². The van der Waals surface area contributed by atoms with E-state index in [4.69, 9.17) is 10.5 Å². The van der Waals surface area contributed by atoms with Crippen molar-refractivity contribution in [3.05, 3.63) is 24.0 Å². The van der Waals surface area contributed by atoms with Crippen LogP contribution >= 0.6 is 0 Å². The first kappa shape index (κ1) is 14.4. The van der Waals surface area contributed by atoms with E-state index < -0.39 is 0 Å². The van der Waals surface area contributed by atoms with E-state index in [1.807, 2.05) is 19.0 Å². The number of carbonyl (C=O) groups excluding carboxylic acids is 1. The van der Waals surface area contributed by atoms with Crippen LogP contribution in [0.15, 0.2) is 18.3 Å². The van der Waals surface area contributed by atoms with Crippen LogP contribution in [0.5, 0.6) is 0 Å². The number of hydrogen-bond donors (Lipinski definition) is 2. The Balaban J connectivity index is 2.16. The number of anilines is 1. The average molecular weight is 252 g/mol. The van der Waals surface area contributed by atoms with Gasteiger partial charge in [0.05, 0.1) is 25.1 Å². The summed E-state index contributed by atoms with van der Waals surface area (Å²) in [5.41, 5.74) is 6.39. The van der Waals surface area contributed by atoms with Crippen molar-refractivity contribution in [1.29, 1.82) is 0 Å². The molecule has 0 spiro atoms. The lowest BCUT2D eigenvalue weighted by Crippen LogP contribution is -2.29. The van der Waals surface area contributed by atoms with Gasteiger partial charge >= 0.3 is 0 Å². The van der Waals surface area contributed by atoms with Crippen molar-refractivity contribution in [2.75, 3.05) is 46.1 Å². The summed E-state index contributed by atoms with van der Waals surface area (Å²) in [6.45, 7) is 2.49. The molecule has 1 aromatic heterocycles. The van der Waals surface area contributed by atoms with E-state index in [0.717, 1.165) is 6.54 Å². The van der Waals surface area contributed by atoms with Crippen molar-refractivity contribution in [3.8, 4) is 0 Å². The predicted octanol–water partition coefficient (Wildman–Crippen LogP) is -0.0282. The monoisotopic (exact) mass is 252 g/mol. The molecule has 0 fully saturated rings. The molecule has 1 heterocycles.